The van der Waals surface area contributed by atoms with E-state index in [4.69, 9.17) is 11.5 Å². The lowest BCUT2D eigenvalue weighted by Gasteiger charge is -2.19. The number of carboxylic acids is 2. The summed E-state index contributed by atoms with van der Waals surface area (Å²) in [7, 11) is 1.82. The number of carboxylic acid groups (broad SMARTS) is 2. The molecule has 0 bridgehead atoms. The number of aliphatic carboxylic acids is 1. The van der Waals surface area contributed by atoms with Gasteiger partial charge in [-0.3, -0.25) is 9.59 Å². The number of amides is 2. The fraction of sp³-hybridized carbons (Fsp3) is 0.214. The van der Waals surface area contributed by atoms with Crippen molar-refractivity contribution < 1.29 is 29.4 Å². The number of anilines is 3. The molecule has 2 aromatic carbocycles. The average Bonchev–Trinajstić information content (AvgIpc) is 2.98. The van der Waals surface area contributed by atoms with E-state index in [0.29, 0.717) is 21.3 Å². The van der Waals surface area contributed by atoms with Gasteiger partial charge in [-0.25, -0.2) is 19.6 Å². The van der Waals surface area contributed by atoms with E-state index in [0.717, 1.165) is 5.69 Å². The van der Waals surface area contributed by atoms with E-state index in [2.05, 4.69) is 30.6 Å². The highest BCUT2D eigenvalue weighted by Crippen LogP contribution is 2.19. The number of aromatic carboxylic acids is 1. The van der Waals surface area contributed by atoms with E-state index >= 15 is 0 Å². The van der Waals surface area contributed by atoms with Crippen LogP contribution >= 0.6 is 22.6 Å². The molecule has 0 fully saturated rings. The molecule has 0 aliphatic rings. The van der Waals surface area contributed by atoms with Gasteiger partial charge >= 0.3 is 11.9 Å². The lowest BCUT2D eigenvalue weighted by Crippen LogP contribution is -2.41. The Balaban J connectivity index is 1.31. The molecule has 0 saturated carbocycles. The Hall–Kier alpha value is -5.13. The Bertz CT molecular complexity index is 1740. The summed E-state index contributed by atoms with van der Waals surface area (Å²) in [6.45, 7) is 0.441. The quantitative estimate of drug-likeness (QED) is 0.0910. The molecule has 0 saturated heterocycles. The molecule has 0 unspecified atom stereocenters. The van der Waals surface area contributed by atoms with E-state index < -0.39 is 29.8 Å². The van der Waals surface area contributed by atoms with Gasteiger partial charge < -0.3 is 37.2 Å². The smallest absolute Gasteiger partial charge is 0.336 e. The number of nitrogens with two attached hydrogens (primary N) is 2. The predicted octanol–water partition coefficient (Wildman–Crippen LogP) is 1.92. The topological polar surface area (TPSA) is 240 Å². The molecule has 4 rings (SSSR count). The summed E-state index contributed by atoms with van der Waals surface area (Å²) >= 11 is 1.97. The average molecular weight is 713 g/mol. The van der Waals surface area contributed by atoms with Crippen molar-refractivity contribution in [3.63, 3.8) is 0 Å². The molecule has 2 heterocycles. The molecule has 16 heteroatoms. The van der Waals surface area contributed by atoms with Crippen molar-refractivity contribution in [1.82, 2.24) is 30.6 Å². The molecule has 0 radical (unpaired) electrons. The molecule has 2 aromatic heterocycles. The second kappa shape index (κ2) is 13.9. The van der Waals surface area contributed by atoms with E-state index in [1.807, 2.05) is 34.5 Å². The molecule has 15 nitrogen and oxygen atoms in total. The molecule has 2 amide bonds. The number of nitrogens with one attached hydrogen (secondary N) is 2. The number of aromatic nitrogens is 4. The van der Waals surface area contributed by atoms with Gasteiger partial charge in [-0.1, -0.05) is 0 Å². The van der Waals surface area contributed by atoms with Gasteiger partial charge in [0.25, 0.3) is 11.8 Å². The predicted molar refractivity (Wildman–Crippen MR) is 169 cm³/mol. The van der Waals surface area contributed by atoms with Gasteiger partial charge in [0.2, 0.25) is 5.95 Å². The molecule has 0 spiro atoms. The summed E-state index contributed by atoms with van der Waals surface area (Å²) < 4.78 is 0.692. The van der Waals surface area contributed by atoms with Gasteiger partial charge in [0.05, 0.1) is 29.6 Å². The molecular formula is C28H28IN9O6. The first-order chi connectivity index (χ1) is 20.9. The minimum atomic E-state index is -1.23. The molecule has 228 valence electrons. The molecule has 4 aromatic rings. The number of benzene rings is 2. The van der Waals surface area contributed by atoms with Crippen LogP contribution in [-0.2, 0) is 11.3 Å². The fourth-order valence-electron chi connectivity index (χ4n) is 4.25. The van der Waals surface area contributed by atoms with Gasteiger partial charge in [-0.05, 0) is 77.9 Å². The summed E-state index contributed by atoms with van der Waals surface area (Å²) in [4.78, 5) is 67.1. The maximum Gasteiger partial charge on any atom is 0.336 e. The fourth-order valence-corrected chi connectivity index (χ4v) is 4.74. The van der Waals surface area contributed by atoms with Crippen LogP contribution in [0, 0.1) is 3.57 Å². The maximum absolute atomic E-state index is 12.8. The highest BCUT2D eigenvalue weighted by Gasteiger charge is 2.21. The Labute approximate surface area is 264 Å². The second-order valence-electron chi connectivity index (χ2n) is 9.66. The first-order valence-corrected chi connectivity index (χ1v) is 14.2. The van der Waals surface area contributed by atoms with E-state index in [1.54, 1.807) is 36.5 Å². The van der Waals surface area contributed by atoms with Crippen molar-refractivity contribution in [2.45, 2.75) is 25.4 Å². The van der Waals surface area contributed by atoms with Crippen molar-refractivity contribution in [3.8, 4) is 0 Å². The number of fused-ring (bicyclic) bond motifs is 1. The SMILES string of the molecule is CN(Cc1cnc2nc(N)nc(N)c2n1)c1ccc(C(=O)N[C@@H](CCCNC(=O)c2cc(I)ccc2C(=O)O)C(=O)O)cc1. The Morgan fingerprint density at radius 2 is 1.70 bits per heavy atom. The van der Waals surface area contributed by atoms with Crippen molar-refractivity contribution >= 4 is 75.0 Å². The highest BCUT2D eigenvalue weighted by molar-refractivity contribution is 14.1. The van der Waals surface area contributed by atoms with Gasteiger partial charge in [0.15, 0.2) is 17.0 Å². The van der Waals surface area contributed by atoms with Crippen LogP contribution in [0.4, 0.5) is 17.5 Å². The zero-order valence-electron chi connectivity index (χ0n) is 23.3. The Morgan fingerprint density at radius 3 is 2.39 bits per heavy atom. The number of hydrogen-bond donors (Lipinski definition) is 6. The van der Waals surface area contributed by atoms with Crippen LogP contribution in [0.3, 0.4) is 0 Å². The number of nitrogens with zero attached hydrogens (tertiary/aromatic N) is 5. The van der Waals surface area contributed by atoms with Crippen LogP contribution in [-0.4, -0.2) is 73.5 Å². The zero-order chi connectivity index (χ0) is 32.0. The number of carbonyl (C=O) groups is 4. The van der Waals surface area contributed by atoms with Crippen molar-refractivity contribution in [2.75, 3.05) is 30.0 Å². The first kappa shape index (κ1) is 31.8. The van der Waals surface area contributed by atoms with Crippen LogP contribution in [0.2, 0.25) is 0 Å². The van der Waals surface area contributed by atoms with Crippen LogP contribution < -0.4 is 27.0 Å². The highest BCUT2D eigenvalue weighted by atomic mass is 127. The third-order valence-corrected chi connectivity index (χ3v) is 7.16. The standard InChI is InChI=1S/C28H28IN9O6/c1-38(13-16-12-33-23-21(34-16)22(30)36-28(31)37-23)17-7-4-14(5-8-17)24(39)35-20(27(43)44)3-2-10-32-25(40)19-11-15(29)6-9-18(19)26(41)42/h4-9,11-12,20H,2-3,10,13H2,1H3,(H,32,40)(H,35,39)(H,41,42)(H,43,44)(H4,30,31,33,36,37)/t20-/m0/s1. The molecule has 0 aliphatic heterocycles. The van der Waals surface area contributed by atoms with Gasteiger partial charge in [0.1, 0.15) is 6.04 Å². The Kier molecular flexibility index (Phi) is 10.0. The number of nitrogen functional groups attached to an aromatic ring is 2. The van der Waals surface area contributed by atoms with Crippen LogP contribution in [0.25, 0.3) is 11.2 Å². The lowest BCUT2D eigenvalue weighted by atomic mass is 10.1. The minimum absolute atomic E-state index is 0.00718. The van der Waals surface area contributed by atoms with Crippen LogP contribution in [0.5, 0.6) is 0 Å². The van der Waals surface area contributed by atoms with Crippen molar-refractivity contribution in [2.24, 2.45) is 0 Å². The molecule has 44 heavy (non-hydrogen) atoms. The molecule has 1 atom stereocenters. The third-order valence-electron chi connectivity index (χ3n) is 6.49. The summed E-state index contributed by atoms with van der Waals surface area (Å²) in [5.74, 6) is -3.48. The first-order valence-electron chi connectivity index (χ1n) is 13.1. The minimum Gasteiger partial charge on any atom is -0.480 e. The summed E-state index contributed by atoms with van der Waals surface area (Å²) in [6.07, 6.45) is 1.82. The van der Waals surface area contributed by atoms with Gasteiger partial charge in [0, 0.05) is 28.4 Å². The molecule has 8 N–H and O–H groups in total. The number of hydrogen-bond acceptors (Lipinski definition) is 11. The summed E-state index contributed by atoms with van der Waals surface area (Å²) in [5.41, 5.74) is 13.6. The van der Waals surface area contributed by atoms with Crippen molar-refractivity contribution in [1.29, 1.82) is 0 Å². The van der Waals surface area contributed by atoms with Crippen LogP contribution in [0.1, 0.15) is 49.6 Å². The van der Waals surface area contributed by atoms with E-state index in [1.165, 1.54) is 12.1 Å². The number of rotatable bonds is 12. The summed E-state index contributed by atoms with van der Waals surface area (Å²) in [5, 5.41) is 24.1. The summed E-state index contributed by atoms with van der Waals surface area (Å²) in [6, 6.07) is 9.76. The monoisotopic (exact) mass is 713 g/mol. The second-order valence-corrected chi connectivity index (χ2v) is 10.9. The van der Waals surface area contributed by atoms with E-state index in [9.17, 15) is 29.4 Å². The van der Waals surface area contributed by atoms with Crippen molar-refractivity contribution in [3.05, 3.63) is 74.6 Å². The Morgan fingerprint density at radius 1 is 0.977 bits per heavy atom. The number of carbonyl (C=O) groups excluding carboxylic acids is 2. The van der Waals surface area contributed by atoms with Gasteiger partial charge in [-0.15, -0.1) is 0 Å². The lowest BCUT2D eigenvalue weighted by molar-refractivity contribution is -0.139. The van der Waals surface area contributed by atoms with E-state index in [-0.39, 0.29) is 53.5 Å². The molecular weight excluding hydrogens is 685 g/mol. The normalized spacial score (nSPS) is 11.5. The third kappa shape index (κ3) is 7.82. The molecule has 0 aliphatic carbocycles. The zero-order valence-corrected chi connectivity index (χ0v) is 25.5. The largest absolute Gasteiger partial charge is 0.480 e. The number of halogens is 1. The maximum atomic E-state index is 12.8. The van der Waals surface area contributed by atoms with Crippen LogP contribution in [0.15, 0.2) is 48.7 Å². The van der Waals surface area contributed by atoms with Gasteiger partial charge in [-0.2, -0.15) is 9.97 Å².